The molecule has 7 heteroatoms. The highest BCUT2D eigenvalue weighted by molar-refractivity contribution is 6.01. The molecule has 1 aliphatic heterocycles. The minimum absolute atomic E-state index is 0.158. The van der Waals surface area contributed by atoms with Crippen molar-refractivity contribution in [1.82, 2.24) is 0 Å². The molecule has 0 bridgehead atoms. The van der Waals surface area contributed by atoms with E-state index in [0.29, 0.717) is 23.5 Å². The Kier molecular flexibility index (Phi) is 7.75. The largest absolute Gasteiger partial charge is 0.497 e. The fourth-order valence-corrected chi connectivity index (χ4v) is 4.32. The lowest BCUT2D eigenvalue weighted by molar-refractivity contribution is -0.199. The zero-order valence-corrected chi connectivity index (χ0v) is 19.0. The number of aryl methyl sites for hydroxylation is 1. The first-order valence-corrected chi connectivity index (χ1v) is 10.6. The van der Waals surface area contributed by atoms with Crippen LogP contribution in [0.5, 0.6) is 11.5 Å². The van der Waals surface area contributed by atoms with E-state index in [1.807, 2.05) is 18.2 Å². The van der Waals surface area contributed by atoms with Crippen LogP contribution in [-0.2, 0) is 30.2 Å². The van der Waals surface area contributed by atoms with Crippen LogP contribution in [0, 0.1) is 5.41 Å². The Hall–Kier alpha value is -3.06. The third kappa shape index (κ3) is 4.58. The molecule has 0 radical (unpaired) electrons. The lowest BCUT2D eigenvalue weighted by Crippen LogP contribution is -2.51. The first kappa shape index (κ1) is 23.6. The second-order valence-corrected chi connectivity index (χ2v) is 7.76. The SMILES string of the molecule is COC(=O)C1(C(=O)OC)CC[C@@H](CCc2ccccc2)O[C@H]1c1ccc(OC)cc1OC. The van der Waals surface area contributed by atoms with E-state index >= 15 is 0 Å². The number of methoxy groups -OCH3 is 4. The average Bonchev–Trinajstić information content (AvgIpc) is 2.86. The van der Waals surface area contributed by atoms with Crippen molar-refractivity contribution in [3.63, 3.8) is 0 Å². The van der Waals surface area contributed by atoms with Gasteiger partial charge in [-0.1, -0.05) is 30.3 Å². The summed E-state index contributed by atoms with van der Waals surface area (Å²) in [5, 5.41) is 0. The van der Waals surface area contributed by atoms with E-state index in [2.05, 4.69) is 12.1 Å². The highest BCUT2D eigenvalue weighted by Crippen LogP contribution is 2.51. The molecule has 0 N–H and O–H groups in total. The zero-order chi connectivity index (χ0) is 23.1. The van der Waals surface area contributed by atoms with E-state index in [1.54, 1.807) is 25.3 Å². The molecule has 1 heterocycles. The summed E-state index contributed by atoms with van der Waals surface area (Å²) < 4.78 is 27.4. The van der Waals surface area contributed by atoms with E-state index in [-0.39, 0.29) is 12.5 Å². The van der Waals surface area contributed by atoms with Crippen molar-refractivity contribution in [2.45, 2.75) is 37.9 Å². The fraction of sp³-hybridized carbons (Fsp3) is 0.440. The highest BCUT2D eigenvalue weighted by atomic mass is 16.6. The molecular weight excluding hydrogens is 412 g/mol. The van der Waals surface area contributed by atoms with Gasteiger partial charge in [0.1, 0.15) is 17.6 Å². The van der Waals surface area contributed by atoms with Crippen LogP contribution in [0.3, 0.4) is 0 Å². The summed E-state index contributed by atoms with van der Waals surface area (Å²) in [6.07, 6.45) is 1.24. The predicted octanol–water partition coefficient (Wildman–Crippen LogP) is 3.89. The van der Waals surface area contributed by atoms with Crippen LogP contribution < -0.4 is 9.47 Å². The van der Waals surface area contributed by atoms with Crippen molar-refractivity contribution in [3.05, 3.63) is 59.7 Å². The normalized spacial score (nSPS) is 19.6. The van der Waals surface area contributed by atoms with Crippen LogP contribution >= 0.6 is 0 Å². The number of rotatable bonds is 8. The molecule has 7 nitrogen and oxygen atoms in total. The van der Waals surface area contributed by atoms with E-state index in [9.17, 15) is 9.59 Å². The quantitative estimate of drug-likeness (QED) is 0.453. The predicted molar refractivity (Wildman–Crippen MR) is 118 cm³/mol. The number of esters is 2. The Morgan fingerprint density at radius 3 is 2.25 bits per heavy atom. The zero-order valence-electron chi connectivity index (χ0n) is 19.0. The molecule has 1 saturated heterocycles. The highest BCUT2D eigenvalue weighted by Gasteiger charge is 2.59. The van der Waals surface area contributed by atoms with Gasteiger partial charge in [-0.05, 0) is 43.4 Å². The van der Waals surface area contributed by atoms with Crippen molar-refractivity contribution < 1.29 is 33.3 Å². The maximum atomic E-state index is 13.0. The van der Waals surface area contributed by atoms with Crippen LogP contribution in [0.1, 0.15) is 36.5 Å². The summed E-state index contributed by atoms with van der Waals surface area (Å²) in [7, 11) is 5.60. The number of hydrogen-bond acceptors (Lipinski definition) is 7. The van der Waals surface area contributed by atoms with Crippen LogP contribution in [0.15, 0.2) is 48.5 Å². The van der Waals surface area contributed by atoms with Crippen LogP contribution in [-0.4, -0.2) is 46.5 Å². The van der Waals surface area contributed by atoms with Crippen LogP contribution in [0.4, 0.5) is 0 Å². The number of ether oxygens (including phenoxy) is 5. The van der Waals surface area contributed by atoms with Gasteiger partial charge in [0, 0.05) is 11.6 Å². The molecule has 3 rings (SSSR count). The lowest BCUT2D eigenvalue weighted by Gasteiger charge is -2.43. The molecule has 2 aromatic rings. The van der Waals surface area contributed by atoms with Crippen molar-refractivity contribution in [2.75, 3.05) is 28.4 Å². The summed E-state index contributed by atoms with van der Waals surface area (Å²) in [4.78, 5) is 26.0. The van der Waals surface area contributed by atoms with E-state index in [1.165, 1.54) is 26.9 Å². The Morgan fingerprint density at radius 2 is 1.66 bits per heavy atom. The van der Waals surface area contributed by atoms with Gasteiger partial charge in [-0.25, -0.2) is 0 Å². The summed E-state index contributed by atoms with van der Waals surface area (Å²) >= 11 is 0. The summed E-state index contributed by atoms with van der Waals surface area (Å²) in [6.45, 7) is 0. The van der Waals surface area contributed by atoms with E-state index < -0.39 is 23.5 Å². The molecule has 0 aliphatic carbocycles. The second kappa shape index (κ2) is 10.5. The minimum Gasteiger partial charge on any atom is -0.497 e. The molecule has 0 aromatic heterocycles. The van der Waals surface area contributed by atoms with Gasteiger partial charge in [0.05, 0.1) is 34.5 Å². The number of benzene rings is 2. The molecular formula is C25H30O7. The first-order chi connectivity index (χ1) is 15.5. The second-order valence-electron chi connectivity index (χ2n) is 7.76. The topological polar surface area (TPSA) is 80.3 Å². The lowest BCUT2D eigenvalue weighted by atomic mass is 9.71. The van der Waals surface area contributed by atoms with E-state index in [0.717, 1.165) is 12.8 Å². The van der Waals surface area contributed by atoms with Crippen molar-refractivity contribution in [1.29, 1.82) is 0 Å². The molecule has 2 aromatic carbocycles. The third-order valence-corrected chi connectivity index (χ3v) is 6.06. The number of carbonyl (C=O) groups is 2. The molecule has 1 fully saturated rings. The third-order valence-electron chi connectivity index (χ3n) is 6.06. The van der Waals surface area contributed by atoms with Gasteiger partial charge in [-0.2, -0.15) is 0 Å². The Balaban J connectivity index is 1.99. The van der Waals surface area contributed by atoms with Gasteiger partial charge >= 0.3 is 11.9 Å². The van der Waals surface area contributed by atoms with Crippen LogP contribution in [0.25, 0.3) is 0 Å². The number of hydrogen-bond donors (Lipinski definition) is 0. The monoisotopic (exact) mass is 442 g/mol. The Bertz CT molecular complexity index is 909. The average molecular weight is 443 g/mol. The fourth-order valence-electron chi connectivity index (χ4n) is 4.32. The maximum Gasteiger partial charge on any atom is 0.326 e. The smallest absolute Gasteiger partial charge is 0.326 e. The maximum absolute atomic E-state index is 13.0. The van der Waals surface area contributed by atoms with Crippen LogP contribution in [0.2, 0.25) is 0 Å². The van der Waals surface area contributed by atoms with Gasteiger partial charge in [-0.15, -0.1) is 0 Å². The van der Waals surface area contributed by atoms with Gasteiger partial charge < -0.3 is 23.7 Å². The molecule has 0 spiro atoms. The Morgan fingerprint density at radius 1 is 0.969 bits per heavy atom. The summed E-state index contributed by atoms with van der Waals surface area (Å²) in [5.74, 6) is -0.332. The Labute approximate surface area is 188 Å². The molecule has 32 heavy (non-hydrogen) atoms. The van der Waals surface area contributed by atoms with Gasteiger partial charge in [0.25, 0.3) is 0 Å². The molecule has 2 atom stereocenters. The van der Waals surface area contributed by atoms with Crippen molar-refractivity contribution >= 4 is 11.9 Å². The van der Waals surface area contributed by atoms with Crippen molar-refractivity contribution in [3.8, 4) is 11.5 Å². The molecule has 0 saturated carbocycles. The van der Waals surface area contributed by atoms with Gasteiger partial charge in [0.2, 0.25) is 0 Å². The number of carbonyl (C=O) groups excluding carboxylic acids is 2. The molecule has 172 valence electrons. The molecule has 0 unspecified atom stereocenters. The molecule has 1 aliphatic rings. The van der Waals surface area contributed by atoms with E-state index in [4.69, 9.17) is 23.7 Å². The van der Waals surface area contributed by atoms with Crippen molar-refractivity contribution in [2.24, 2.45) is 5.41 Å². The van der Waals surface area contributed by atoms with Gasteiger partial charge in [0.15, 0.2) is 5.41 Å². The summed E-state index contributed by atoms with van der Waals surface area (Å²) in [5.41, 5.74) is 0.134. The molecule has 0 amide bonds. The standard InChI is InChI=1S/C25H30O7/c1-28-19-12-13-20(21(16-19)29-2)22-25(23(26)30-3,24(27)31-4)15-14-18(32-22)11-10-17-8-6-5-7-9-17/h5-9,12-13,16,18,22H,10-11,14-15H2,1-4H3/t18-,22+/m1/s1. The summed E-state index contributed by atoms with van der Waals surface area (Å²) in [6, 6.07) is 15.3. The van der Waals surface area contributed by atoms with Gasteiger partial charge in [-0.3, -0.25) is 9.59 Å². The minimum atomic E-state index is -1.63. The first-order valence-electron chi connectivity index (χ1n) is 10.6.